The van der Waals surface area contributed by atoms with Gasteiger partial charge < -0.3 is 0 Å². The maximum absolute atomic E-state index is 12.9. The fraction of sp³-hybridized carbons (Fsp3) is 0.375. The number of carbonyl (C=O) groups excluding carboxylic acids is 1. The molecule has 0 saturated carbocycles. The Hall–Kier alpha value is -2.73. The lowest BCUT2D eigenvalue weighted by Crippen LogP contribution is -2.30. The topological polar surface area (TPSA) is 53.2 Å². The van der Waals surface area contributed by atoms with Crippen molar-refractivity contribution >= 4 is 11.5 Å². The molecule has 3 rings (SSSR count). The molecule has 0 unspecified atom stereocenters. The van der Waals surface area contributed by atoms with Crippen LogP contribution in [0.1, 0.15) is 73.7 Å². The van der Waals surface area contributed by atoms with Crippen LogP contribution < -0.4 is 0 Å². The van der Waals surface area contributed by atoms with E-state index in [0.29, 0.717) is 11.1 Å². The summed E-state index contributed by atoms with van der Waals surface area (Å²) in [6.07, 6.45) is 1.15. The van der Waals surface area contributed by atoms with Crippen molar-refractivity contribution in [2.24, 2.45) is 4.99 Å². The smallest absolute Gasteiger partial charge is 0.168 e. The normalized spacial score (nSPS) is 15.5. The second kappa shape index (κ2) is 6.78. The minimum absolute atomic E-state index is 0.0306. The number of nitrogens with zero attached hydrogens (tertiary/aromatic N) is 2. The van der Waals surface area contributed by atoms with Crippen LogP contribution in [0.2, 0.25) is 0 Å². The van der Waals surface area contributed by atoms with E-state index in [1.807, 2.05) is 0 Å². The number of fused-ring (bicyclic) bond motifs is 1. The first-order valence-electron chi connectivity index (χ1n) is 9.35. The molecule has 0 spiro atoms. The molecule has 138 valence electrons. The minimum atomic E-state index is -0.212. The highest BCUT2D eigenvalue weighted by Gasteiger charge is 2.29. The van der Waals surface area contributed by atoms with Gasteiger partial charge >= 0.3 is 0 Å². The van der Waals surface area contributed by atoms with Gasteiger partial charge in [0.2, 0.25) is 0 Å². The van der Waals surface area contributed by atoms with Gasteiger partial charge in [0.15, 0.2) is 5.78 Å². The summed E-state index contributed by atoms with van der Waals surface area (Å²) < 4.78 is 0. The van der Waals surface area contributed by atoms with Crippen molar-refractivity contribution in [2.75, 3.05) is 0 Å². The molecular weight excluding hydrogens is 332 g/mol. The zero-order chi connectivity index (χ0) is 19.8. The van der Waals surface area contributed by atoms with Crippen LogP contribution in [0.4, 0.5) is 0 Å². The number of nitriles is 1. The third-order valence-corrected chi connectivity index (χ3v) is 5.01. The molecule has 2 aromatic carbocycles. The molecule has 27 heavy (non-hydrogen) atoms. The lowest BCUT2D eigenvalue weighted by atomic mass is 9.80. The molecule has 1 aliphatic heterocycles. The highest BCUT2D eigenvalue weighted by molar-refractivity contribution is 6.16. The van der Waals surface area contributed by atoms with Crippen molar-refractivity contribution < 1.29 is 4.79 Å². The van der Waals surface area contributed by atoms with Crippen LogP contribution in [-0.2, 0) is 11.8 Å². The molecule has 1 heterocycles. The quantitative estimate of drug-likeness (QED) is 0.703. The van der Waals surface area contributed by atoms with E-state index in [9.17, 15) is 4.79 Å². The van der Waals surface area contributed by atoms with Crippen molar-refractivity contribution in [1.82, 2.24) is 0 Å². The van der Waals surface area contributed by atoms with Gasteiger partial charge in [-0.15, -0.1) is 0 Å². The van der Waals surface area contributed by atoms with Gasteiger partial charge in [-0.1, -0.05) is 45.0 Å². The highest BCUT2D eigenvalue weighted by atomic mass is 16.1. The Morgan fingerprint density at radius 2 is 1.81 bits per heavy atom. The molecule has 0 aliphatic carbocycles. The van der Waals surface area contributed by atoms with E-state index in [4.69, 9.17) is 10.3 Å². The Balaban J connectivity index is 1.97. The van der Waals surface area contributed by atoms with Crippen LogP contribution >= 0.6 is 0 Å². The van der Waals surface area contributed by atoms with Crippen LogP contribution in [0.3, 0.4) is 0 Å². The van der Waals surface area contributed by atoms with Crippen molar-refractivity contribution in [1.29, 1.82) is 5.26 Å². The summed E-state index contributed by atoms with van der Waals surface area (Å²) in [5, 5.41) is 8.93. The third kappa shape index (κ3) is 4.17. The van der Waals surface area contributed by atoms with E-state index in [-0.39, 0.29) is 23.2 Å². The molecule has 3 heteroatoms. The van der Waals surface area contributed by atoms with E-state index in [1.165, 1.54) is 11.1 Å². The Morgan fingerprint density at radius 3 is 2.41 bits per heavy atom. The maximum Gasteiger partial charge on any atom is 0.168 e. The Bertz CT molecular complexity index is 951. The summed E-state index contributed by atoms with van der Waals surface area (Å²) in [5.41, 5.74) is 5.48. The second-order valence-electron chi connectivity index (χ2n) is 8.96. The molecule has 0 N–H and O–H groups in total. The SMILES string of the molecule is CC1(C)Cc2ccc(C(C)(C)C)cc2C(CC(=O)c2ccc(C#N)cc2)=N1. The number of hydrogen-bond acceptors (Lipinski definition) is 3. The predicted octanol–water partition coefficient (Wildman–Crippen LogP) is 5.25. The average molecular weight is 358 g/mol. The molecular formula is C24H26N2O. The van der Waals surface area contributed by atoms with E-state index in [2.05, 4.69) is 58.9 Å². The summed E-state index contributed by atoms with van der Waals surface area (Å²) in [7, 11) is 0. The zero-order valence-electron chi connectivity index (χ0n) is 16.8. The number of aliphatic imine (C=N–C) groups is 1. The van der Waals surface area contributed by atoms with Gasteiger partial charge in [0.1, 0.15) is 0 Å². The van der Waals surface area contributed by atoms with E-state index in [0.717, 1.165) is 17.7 Å². The van der Waals surface area contributed by atoms with Gasteiger partial charge in [-0.25, -0.2) is 0 Å². The van der Waals surface area contributed by atoms with Crippen molar-refractivity contribution in [3.63, 3.8) is 0 Å². The number of carbonyl (C=O) groups is 1. The zero-order valence-corrected chi connectivity index (χ0v) is 16.8. The van der Waals surface area contributed by atoms with E-state index < -0.39 is 0 Å². The van der Waals surface area contributed by atoms with Crippen LogP contribution in [0.25, 0.3) is 0 Å². The molecule has 0 saturated heterocycles. The van der Waals surface area contributed by atoms with E-state index >= 15 is 0 Å². The van der Waals surface area contributed by atoms with Crippen LogP contribution in [0.5, 0.6) is 0 Å². The molecule has 0 aromatic heterocycles. The molecule has 1 aliphatic rings. The lowest BCUT2D eigenvalue weighted by molar-refractivity contribution is 0.100. The minimum Gasteiger partial charge on any atom is -0.294 e. The number of ketones is 1. The fourth-order valence-electron chi connectivity index (χ4n) is 3.52. The van der Waals surface area contributed by atoms with E-state index in [1.54, 1.807) is 24.3 Å². The molecule has 3 nitrogen and oxygen atoms in total. The van der Waals surface area contributed by atoms with Gasteiger partial charge in [-0.2, -0.15) is 5.26 Å². The monoisotopic (exact) mass is 358 g/mol. The summed E-state index contributed by atoms with van der Waals surface area (Å²) >= 11 is 0. The molecule has 0 radical (unpaired) electrons. The second-order valence-corrected chi connectivity index (χ2v) is 8.96. The van der Waals surface area contributed by atoms with Gasteiger partial charge in [-0.3, -0.25) is 9.79 Å². The average Bonchev–Trinajstić information content (AvgIpc) is 2.59. The third-order valence-electron chi connectivity index (χ3n) is 5.01. The van der Waals surface area contributed by atoms with Crippen molar-refractivity contribution in [2.45, 2.75) is 58.4 Å². The molecule has 0 atom stereocenters. The van der Waals surface area contributed by atoms with Gasteiger partial charge in [-0.05, 0) is 60.6 Å². The summed E-state index contributed by atoms with van der Waals surface area (Å²) in [6, 6.07) is 15.5. The van der Waals surface area contributed by atoms with Gasteiger partial charge in [0.05, 0.1) is 29.3 Å². The number of rotatable bonds is 3. The number of benzene rings is 2. The first-order valence-corrected chi connectivity index (χ1v) is 9.35. The number of hydrogen-bond donors (Lipinski definition) is 0. The van der Waals surface area contributed by atoms with Gasteiger partial charge in [0, 0.05) is 5.56 Å². The summed E-state index contributed by atoms with van der Waals surface area (Å²) in [6.45, 7) is 10.8. The molecule has 0 amide bonds. The Labute approximate surface area is 161 Å². The summed E-state index contributed by atoms with van der Waals surface area (Å²) in [4.78, 5) is 17.8. The first kappa shape index (κ1) is 19.0. The van der Waals surface area contributed by atoms with Crippen LogP contribution in [-0.4, -0.2) is 17.0 Å². The highest BCUT2D eigenvalue weighted by Crippen LogP contribution is 2.32. The standard InChI is InChI=1S/C24H26N2O/c1-23(2,3)19-11-10-18-14-24(4,5)26-21(20(18)12-19)13-22(27)17-8-6-16(15-25)7-9-17/h6-12H,13-14H2,1-5H3. The maximum atomic E-state index is 12.9. The molecule has 2 aromatic rings. The first-order chi connectivity index (χ1) is 12.6. The number of Topliss-reactive ketones (excluding diaryl/α,β-unsaturated/α-hetero) is 1. The summed E-state index contributed by atoms with van der Waals surface area (Å²) in [5.74, 6) is 0.0306. The van der Waals surface area contributed by atoms with Gasteiger partial charge in [0.25, 0.3) is 0 Å². The van der Waals surface area contributed by atoms with Crippen molar-refractivity contribution in [3.05, 3.63) is 70.3 Å². The van der Waals surface area contributed by atoms with Crippen LogP contribution in [0.15, 0.2) is 47.5 Å². The lowest BCUT2D eigenvalue weighted by Gasteiger charge is -2.30. The van der Waals surface area contributed by atoms with Crippen molar-refractivity contribution in [3.8, 4) is 6.07 Å². The fourth-order valence-corrected chi connectivity index (χ4v) is 3.52. The largest absolute Gasteiger partial charge is 0.294 e. The molecule has 0 bridgehead atoms. The Kier molecular flexibility index (Phi) is 4.78. The Morgan fingerprint density at radius 1 is 1.15 bits per heavy atom. The predicted molar refractivity (Wildman–Crippen MR) is 110 cm³/mol. The van der Waals surface area contributed by atoms with Crippen LogP contribution in [0, 0.1) is 11.3 Å². The molecule has 0 fully saturated rings.